The van der Waals surface area contributed by atoms with Crippen molar-refractivity contribution in [3.8, 4) is 0 Å². The number of nitrogens with zero attached hydrogens (tertiary/aromatic N) is 3. The van der Waals surface area contributed by atoms with Crippen LogP contribution in [0.25, 0.3) is 0 Å². The zero-order valence-electron chi connectivity index (χ0n) is 15.8. The first-order chi connectivity index (χ1) is 12.6. The molecule has 0 aliphatic carbocycles. The summed E-state index contributed by atoms with van der Waals surface area (Å²) in [4.78, 5) is 9.91. The van der Waals surface area contributed by atoms with Gasteiger partial charge in [-0.3, -0.25) is 0 Å². The Hall–Kier alpha value is -1.74. The predicted molar refractivity (Wildman–Crippen MR) is 111 cm³/mol. The summed E-state index contributed by atoms with van der Waals surface area (Å²) in [6.45, 7) is 6.84. The zero-order chi connectivity index (χ0) is 18.1. The van der Waals surface area contributed by atoms with Gasteiger partial charge in [-0.15, -0.1) is 0 Å². The van der Waals surface area contributed by atoms with Gasteiger partial charge < -0.3 is 9.80 Å². The molecule has 1 saturated heterocycles. The van der Waals surface area contributed by atoms with Crippen LogP contribution in [0, 0.1) is 11.8 Å². The molecule has 3 nitrogen and oxygen atoms in total. The lowest BCUT2D eigenvalue weighted by Gasteiger charge is -2.37. The monoisotopic (exact) mass is 369 g/mol. The standard InChI is InChI=1S/C22H28ClN3/c1-16-6-3-4-11-25(13-10-16)22-21-14-17(2)7-5-12-26(21)20-15-18(23)8-9-19(20)24-22/h5,8-9,12,14-17H,3-4,6-7,10-11,13H2,1-2H3. The van der Waals surface area contributed by atoms with Crippen molar-refractivity contribution in [1.82, 2.24) is 4.90 Å². The molecule has 3 aliphatic heterocycles. The van der Waals surface area contributed by atoms with Crippen molar-refractivity contribution < 1.29 is 0 Å². The number of rotatable bonds is 0. The molecule has 0 saturated carbocycles. The highest BCUT2D eigenvalue weighted by molar-refractivity contribution is 6.31. The molecule has 1 aromatic carbocycles. The molecule has 138 valence electrons. The van der Waals surface area contributed by atoms with Gasteiger partial charge in [-0.1, -0.05) is 50.4 Å². The highest BCUT2D eigenvalue weighted by Gasteiger charge is 2.29. The number of allylic oxidation sites excluding steroid dienone is 2. The van der Waals surface area contributed by atoms with Gasteiger partial charge in [-0.2, -0.15) is 0 Å². The summed E-state index contributed by atoms with van der Waals surface area (Å²) in [6, 6.07) is 6.01. The van der Waals surface area contributed by atoms with Crippen molar-refractivity contribution >= 4 is 28.8 Å². The smallest absolute Gasteiger partial charge is 0.153 e. The van der Waals surface area contributed by atoms with E-state index in [1.165, 1.54) is 31.4 Å². The molecule has 4 rings (SSSR count). The van der Waals surface area contributed by atoms with Crippen LogP contribution in [-0.4, -0.2) is 23.8 Å². The van der Waals surface area contributed by atoms with E-state index in [2.05, 4.69) is 42.0 Å². The van der Waals surface area contributed by atoms with Gasteiger partial charge in [0.15, 0.2) is 5.84 Å². The third-order valence-electron chi connectivity index (χ3n) is 5.68. The molecule has 26 heavy (non-hydrogen) atoms. The molecule has 1 aromatic rings. The number of hydrogen-bond acceptors (Lipinski definition) is 3. The molecule has 1 fully saturated rings. The molecule has 3 heterocycles. The first kappa shape index (κ1) is 17.7. The van der Waals surface area contributed by atoms with Gasteiger partial charge in [-0.25, -0.2) is 4.99 Å². The molecular weight excluding hydrogens is 342 g/mol. The van der Waals surface area contributed by atoms with E-state index < -0.39 is 0 Å². The lowest BCUT2D eigenvalue weighted by atomic mass is 9.97. The summed E-state index contributed by atoms with van der Waals surface area (Å²) < 4.78 is 0. The van der Waals surface area contributed by atoms with Crippen molar-refractivity contribution in [2.75, 3.05) is 18.0 Å². The van der Waals surface area contributed by atoms with E-state index in [1.54, 1.807) is 0 Å². The summed E-state index contributed by atoms with van der Waals surface area (Å²) in [6.07, 6.45) is 13.1. The lowest BCUT2D eigenvalue weighted by molar-refractivity contribution is 0.315. The largest absolute Gasteiger partial charge is 0.355 e. The number of hydrogen-bond donors (Lipinski definition) is 0. The summed E-state index contributed by atoms with van der Waals surface area (Å²) in [5.41, 5.74) is 3.31. The Labute approximate surface area is 162 Å². The fourth-order valence-electron chi connectivity index (χ4n) is 4.10. The molecule has 0 spiro atoms. The number of benzene rings is 1. The fourth-order valence-corrected chi connectivity index (χ4v) is 4.27. The maximum atomic E-state index is 6.29. The molecule has 4 heteroatoms. The molecule has 0 bridgehead atoms. The van der Waals surface area contributed by atoms with Gasteiger partial charge in [0.05, 0.1) is 17.1 Å². The average molecular weight is 370 g/mol. The Morgan fingerprint density at radius 3 is 2.88 bits per heavy atom. The van der Waals surface area contributed by atoms with Crippen molar-refractivity contribution in [3.63, 3.8) is 0 Å². The fraction of sp³-hybridized carbons (Fsp3) is 0.500. The minimum atomic E-state index is 0.505. The third-order valence-corrected chi connectivity index (χ3v) is 5.92. The van der Waals surface area contributed by atoms with Gasteiger partial charge in [0, 0.05) is 24.3 Å². The molecule has 2 unspecified atom stereocenters. The SMILES string of the molecule is CC1C=C2C(N3CCCCC(C)CC3)=Nc3ccc(Cl)cc3N2C=CC1. The maximum absolute atomic E-state index is 6.29. The van der Waals surface area contributed by atoms with Crippen LogP contribution in [0.2, 0.25) is 5.02 Å². The second kappa shape index (κ2) is 7.48. The topological polar surface area (TPSA) is 18.8 Å². The number of halogens is 1. The Bertz CT molecular complexity index is 765. The molecule has 0 aromatic heterocycles. The van der Waals surface area contributed by atoms with Gasteiger partial charge in [0.1, 0.15) is 0 Å². The zero-order valence-corrected chi connectivity index (χ0v) is 16.5. The number of aliphatic imine (C=N–C) groups is 1. The highest BCUT2D eigenvalue weighted by Crippen LogP contribution is 2.40. The molecule has 0 N–H and O–H groups in total. The van der Waals surface area contributed by atoms with E-state index >= 15 is 0 Å². The molecule has 0 amide bonds. The van der Waals surface area contributed by atoms with Crippen molar-refractivity contribution in [2.45, 2.75) is 46.0 Å². The second-order valence-electron chi connectivity index (χ2n) is 7.96. The Morgan fingerprint density at radius 1 is 1.12 bits per heavy atom. The lowest BCUT2D eigenvalue weighted by Crippen LogP contribution is -2.41. The van der Waals surface area contributed by atoms with E-state index in [0.29, 0.717) is 5.92 Å². The minimum absolute atomic E-state index is 0.505. The Kier molecular flexibility index (Phi) is 5.08. The number of fused-ring (bicyclic) bond motifs is 3. The van der Waals surface area contributed by atoms with Crippen LogP contribution in [0.4, 0.5) is 11.4 Å². The van der Waals surface area contributed by atoms with Crippen LogP contribution in [0.5, 0.6) is 0 Å². The summed E-state index contributed by atoms with van der Waals surface area (Å²) in [5.74, 6) is 2.43. The molecular formula is C22H28ClN3. The van der Waals surface area contributed by atoms with Gasteiger partial charge >= 0.3 is 0 Å². The van der Waals surface area contributed by atoms with E-state index in [0.717, 1.165) is 47.7 Å². The van der Waals surface area contributed by atoms with Crippen LogP contribution in [0.3, 0.4) is 0 Å². The Balaban J connectivity index is 1.78. The van der Waals surface area contributed by atoms with Gasteiger partial charge in [-0.05, 0) is 49.3 Å². The van der Waals surface area contributed by atoms with Crippen LogP contribution in [0.1, 0.15) is 46.0 Å². The molecule has 2 atom stereocenters. The normalized spacial score (nSPS) is 26.1. The maximum Gasteiger partial charge on any atom is 0.153 e. The van der Waals surface area contributed by atoms with Crippen LogP contribution < -0.4 is 4.90 Å². The van der Waals surface area contributed by atoms with Crippen molar-refractivity contribution in [2.24, 2.45) is 16.8 Å². The second-order valence-corrected chi connectivity index (χ2v) is 8.40. The first-order valence-corrected chi connectivity index (χ1v) is 10.3. The predicted octanol–water partition coefficient (Wildman–Crippen LogP) is 6.14. The van der Waals surface area contributed by atoms with E-state index in [-0.39, 0.29) is 0 Å². The molecule has 3 aliphatic rings. The van der Waals surface area contributed by atoms with Crippen molar-refractivity contribution in [3.05, 3.63) is 47.3 Å². The van der Waals surface area contributed by atoms with Crippen LogP contribution in [-0.2, 0) is 0 Å². The number of anilines is 1. The highest BCUT2D eigenvalue weighted by atomic mass is 35.5. The van der Waals surface area contributed by atoms with Crippen LogP contribution >= 0.6 is 11.6 Å². The van der Waals surface area contributed by atoms with Crippen molar-refractivity contribution in [1.29, 1.82) is 0 Å². The van der Waals surface area contributed by atoms with E-state index in [9.17, 15) is 0 Å². The van der Waals surface area contributed by atoms with E-state index in [1.807, 2.05) is 18.2 Å². The minimum Gasteiger partial charge on any atom is -0.355 e. The van der Waals surface area contributed by atoms with Crippen LogP contribution in [0.15, 0.2) is 47.2 Å². The summed E-state index contributed by atoms with van der Waals surface area (Å²) in [5, 5.41) is 0.757. The third kappa shape index (κ3) is 3.55. The number of amidine groups is 1. The van der Waals surface area contributed by atoms with E-state index in [4.69, 9.17) is 16.6 Å². The molecule has 0 radical (unpaired) electrons. The summed E-state index contributed by atoms with van der Waals surface area (Å²) in [7, 11) is 0. The Morgan fingerprint density at radius 2 is 2.00 bits per heavy atom. The quantitative estimate of drug-likeness (QED) is 0.547. The first-order valence-electron chi connectivity index (χ1n) is 9.93. The van der Waals surface area contributed by atoms with Gasteiger partial charge in [0.25, 0.3) is 0 Å². The summed E-state index contributed by atoms with van der Waals surface area (Å²) >= 11 is 6.29. The number of likely N-dealkylation sites (tertiary alicyclic amines) is 1. The average Bonchev–Trinajstić information content (AvgIpc) is 2.80. The van der Waals surface area contributed by atoms with Gasteiger partial charge in [0.2, 0.25) is 0 Å².